The third-order valence-electron chi connectivity index (χ3n) is 1.86. The van der Waals surface area contributed by atoms with Gasteiger partial charge in [0.15, 0.2) is 0 Å². The molecule has 0 aliphatic carbocycles. The Morgan fingerprint density at radius 1 is 1.33 bits per heavy atom. The van der Waals surface area contributed by atoms with Crippen molar-refractivity contribution in [1.29, 1.82) is 0 Å². The minimum absolute atomic E-state index is 0.240. The maximum atomic E-state index is 13.1. The molecule has 0 aromatic heterocycles. The number of hydrogen-bond acceptors (Lipinski definition) is 1. The Hall–Kier alpha value is -1.45. The Morgan fingerprint density at radius 3 is 2.33 bits per heavy atom. The monoisotopic (exact) mass is 213 g/mol. The van der Waals surface area contributed by atoms with Crippen LogP contribution in [0.4, 0.5) is 8.78 Å². The smallest absolute Gasteiger partial charge is 0.257 e. The lowest BCUT2D eigenvalue weighted by molar-refractivity contribution is 0.0940. The number of hydrogen-bond donors (Lipinski definition) is 1. The van der Waals surface area contributed by atoms with Crippen LogP contribution in [-0.4, -0.2) is 12.5 Å². The van der Waals surface area contributed by atoms with Crippen molar-refractivity contribution in [1.82, 2.24) is 5.32 Å². The Morgan fingerprint density at radius 2 is 1.87 bits per heavy atom. The van der Waals surface area contributed by atoms with Crippen molar-refractivity contribution in [2.24, 2.45) is 5.92 Å². The van der Waals surface area contributed by atoms with Crippen molar-refractivity contribution in [2.75, 3.05) is 6.54 Å². The third-order valence-corrected chi connectivity index (χ3v) is 1.86. The summed E-state index contributed by atoms with van der Waals surface area (Å²) in [6.45, 7) is 4.20. The van der Waals surface area contributed by atoms with Crippen LogP contribution in [0.3, 0.4) is 0 Å². The van der Waals surface area contributed by atoms with Crippen molar-refractivity contribution >= 4 is 5.91 Å². The first-order valence-corrected chi connectivity index (χ1v) is 4.74. The molecule has 0 fully saturated rings. The van der Waals surface area contributed by atoms with Crippen molar-refractivity contribution < 1.29 is 13.6 Å². The second kappa shape index (κ2) is 4.87. The summed E-state index contributed by atoms with van der Waals surface area (Å²) < 4.78 is 26.2. The van der Waals surface area contributed by atoms with Gasteiger partial charge in [0, 0.05) is 6.54 Å². The molecule has 0 aliphatic rings. The molecule has 0 bridgehead atoms. The molecule has 0 atom stereocenters. The van der Waals surface area contributed by atoms with Gasteiger partial charge >= 0.3 is 0 Å². The second-order valence-electron chi connectivity index (χ2n) is 3.70. The lowest BCUT2D eigenvalue weighted by Crippen LogP contribution is -2.28. The van der Waals surface area contributed by atoms with E-state index >= 15 is 0 Å². The molecule has 1 rings (SSSR count). The number of amides is 1. The topological polar surface area (TPSA) is 29.1 Å². The van der Waals surface area contributed by atoms with E-state index < -0.39 is 23.1 Å². The Kier molecular flexibility index (Phi) is 3.77. The highest BCUT2D eigenvalue weighted by atomic mass is 19.1. The second-order valence-corrected chi connectivity index (χ2v) is 3.70. The molecule has 0 unspecified atom stereocenters. The number of benzene rings is 1. The van der Waals surface area contributed by atoms with Crippen LogP contribution in [0.25, 0.3) is 0 Å². The molecular weight excluding hydrogens is 200 g/mol. The van der Waals surface area contributed by atoms with E-state index in [1.807, 2.05) is 13.8 Å². The molecule has 82 valence electrons. The highest BCUT2D eigenvalue weighted by Gasteiger charge is 2.16. The first kappa shape index (κ1) is 11.6. The van der Waals surface area contributed by atoms with E-state index in [1.165, 1.54) is 6.07 Å². The molecule has 0 spiro atoms. The summed E-state index contributed by atoms with van der Waals surface area (Å²) in [4.78, 5) is 11.4. The molecule has 4 heteroatoms. The minimum atomic E-state index is -0.837. The van der Waals surface area contributed by atoms with Gasteiger partial charge in [-0.25, -0.2) is 8.78 Å². The zero-order valence-corrected chi connectivity index (χ0v) is 8.68. The molecule has 1 amide bonds. The first-order valence-electron chi connectivity index (χ1n) is 4.74. The quantitative estimate of drug-likeness (QED) is 0.820. The first-order chi connectivity index (χ1) is 7.02. The minimum Gasteiger partial charge on any atom is -0.352 e. The number of nitrogens with one attached hydrogen (secondary N) is 1. The molecule has 0 saturated heterocycles. The van der Waals surface area contributed by atoms with E-state index in [1.54, 1.807) is 0 Å². The van der Waals surface area contributed by atoms with Crippen LogP contribution >= 0.6 is 0 Å². The van der Waals surface area contributed by atoms with E-state index in [0.29, 0.717) is 6.54 Å². The lowest BCUT2D eigenvalue weighted by atomic mass is 10.1. The van der Waals surface area contributed by atoms with Crippen LogP contribution in [-0.2, 0) is 0 Å². The van der Waals surface area contributed by atoms with Gasteiger partial charge in [-0.3, -0.25) is 4.79 Å². The molecule has 1 N–H and O–H groups in total. The van der Waals surface area contributed by atoms with Gasteiger partial charge in [-0.1, -0.05) is 19.9 Å². The fourth-order valence-electron chi connectivity index (χ4n) is 1.10. The van der Waals surface area contributed by atoms with Crippen molar-refractivity contribution in [3.8, 4) is 0 Å². The van der Waals surface area contributed by atoms with Gasteiger partial charge in [0.2, 0.25) is 0 Å². The predicted octanol–water partition coefficient (Wildman–Crippen LogP) is 2.35. The summed E-state index contributed by atoms with van der Waals surface area (Å²) in [6, 6.07) is 3.35. The number of carbonyl (C=O) groups excluding carboxylic acids is 1. The van der Waals surface area contributed by atoms with Crippen LogP contribution in [0.1, 0.15) is 24.2 Å². The maximum Gasteiger partial charge on any atom is 0.257 e. The van der Waals surface area contributed by atoms with Crippen LogP contribution in [0.2, 0.25) is 0 Å². The Labute approximate surface area is 87.3 Å². The van der Waals surface area contributed by atoms with E-state index in [4.69, 9.17) is 0 Å². The van der Waals surface area contributed by atoms with E-state index in [0.717, 1.165) is 12.1 Å². The average Bonchev–Trinajstić information content (AvgIpc) is 2.14. The van der Waals surface area contributed by atoms with Gasteiger partial charge in [-0.2, -0.15) is 0 Å². The fourth-order valence-corrected chi connectivity index (χ4v) is 1.10. The van der Waals surface area contributed by atoms with Crippen LogP contribution < -0.4 is 5.32 Å². The highest BCUT2D eigenvalue weighted by molar-refractivity contribution is 5.94. The highest BCUT2D eigenvalue weighted by Crippen LogP contribution is 2.11. The molecule has 0 saturated carbocycles. The summed E-state index contributed by atoms with van der Waals surface area (Å²) >= 11 is 0. The molecular formula is C11H13F2NO. The van der Waals surface area contributed by atoms with Crippen molar-refractivity contribution in [3.05, 3.63) is 35.4 Å². The van der Waals surface area contributed by atoms with E-state index in [-0.39, 0.29) is 5.92 Å². The summed E-state index contributed by atoms with van der Waals surface area (Å²) in [5.41, 5.74) is -0.516. The summed E-state index contributed by atoms with van der Waals surface area (Å²) in [6.07, 6.45) is 0. The summed E-state index contributed by atoms with van der Waals surface area (Å²) in [5.74, 6) is -2.14. The largest absolute Gasteiger partial charge is 0.352 e. The fraction of sp³-hybridized carbons (Fsp3) is 0.364. The van der Waals surface area contributed by atoms with E-state index in [2.05, 4.69) is 5.32 Å². The number of rotatable bonds is 3. The number of carbonyl (C=O) groups is 1. The SMILES string of the molecule is CC(C)CNC(=O)c1c(F)cccc1F. The third kappa shape index (κ3) is 3.01. The van der Waals surface area contributed by atoms with Crippen LogP contribution in [0.15, 0.2) is 18.2 Å². The lowest BCUT2D eigenvalue weighted by Gasteiger charge is -2.08. The maximum absolute atomic E-state index is 13.1. The number of halogens is 2. The predicted molar refractivity (Wildman–Crippen MR) is 53.5 cm³/mol. The van der Waals surface area contributed by atoms with Gasteiger partial charge < -0.3 is 5.32 Å². The molecule has 0 aliphatic heterocycles. The normalized spacial score (nSPS) is 10.5. The van der Waals surface area contributed by atoms with Gasteiger partial charge in [0.1, 0.15) is 17.2 Å². The zero-order valence-electron chi connectivity index (χ0n) is 8.68. The van der Waals surface area contributed by atoms with Gasteiger partial charge in [0.25, 0.3) is 5.91 Å². The van der Waals surface area contributed by atoms with Gasteiger partial charge in [-0.15, -0.1) is 0 Å². The molecule has 15 heavy (non-hydrogen) atoms. The van der Waals surface area contributed by atoms with Crippen LogP contribution in [0, 0.1) is 17.6 Å². The molecule has 1 aromatic carbocycles. The van der Waals surface area contributed by atoms with Gasteiger partial charge in [-0.05, 0) is 18.1 Å². The Bertz CT molecular complexity index is 343. The zero-order chi connectivity index (χ0) is 11.4. The van der Waals surface area contributed by atoms with Crippen molar-refractivity contribution in [2.45, 2.75) is 13.8 Å². The van der Waals surface area contributed by atoms with Crippen molar-refractivity contribution in [3.63, 3.8) is 0 Å². The molecule has 2 nitrogen and oxygen atoms in total. The molecule has 1 aromatic rings. The van der Waals surface area contributed by atoms with E-state index in [9.17, 15) is 13.6 Å². The standard InChI is InChI=1S/C11H13F2NO/c1-7(2)6-14-11(15)10-8(12)4-3-5-9(10)13/h3-5,7H,6H2,1-2H3,(H,14,15). The molecule has 0 radical (unpaired) electrons. The molecule has 0 heterocycles. The summed E-state index contributed by atoms with van der Waals surface area (Å²) in [7, 11) is 0. The average molecular weight is 213 g/mol. The van der Waals surface area contributed by atoms with Crippen LogP contribution in [0.5, 0.6) is 0 Å². The van der Waals surface area contributed by atoms with Gasteiger partial charge in [0.05, 0.1) is 0 Å². The summed E-state index contributed by atoms with van der Waals surface area (Å²) in [5, 5.41) is 2.46. The Balaban J connectivity index is 2.82.